The van der Waals surface area contributed by atoms with Crippen molar-refractivity contribution in [3.05, 3.63) is 57.1 Å². The Morgan fingerprint density at radius 2 is 2.00 bits per heavy atom. The van der Waals surface area contributed by atoms with E-state index in [1.165, 1.54) is 0 Å². The SMILES string of the molecule is O=C1c2cn(-c3cnc(N4CC[C@@H](F)C4)c(Br)c3)nc2CN1c1cncc(Br)c1. The molecule has 3 aromatic heterocycles. The number of alkyl halides is 1. The van der Waals surface area contributed by atoms with Crippen LogP contribution in [0.5, 0.6) is 0 Å². The van der Waals surface area contributed by atoms with Gasteiger partial charge in [0.25, 0.3) is 5.91 Å². The summed E-state index contributed by atoms with van der Waals surface area (Å²) in [5, 5.41) is 4.58. The number of fused-ring (bicyclic) bond motifs is 1. The van der Waals surface area contributed by atoms with Gasteiger partial charge >= 0.3 is 0 Å². The van der Waals surface area contributed by atoms with Crippen LogP contribution in [0.1, 0.15) is 22.5 Å². The van der Waals surface area contributed by atoms with Crippen molar-refractivity contribution in [1.82, 2.24) is 19.7 Å². The number of carbonyl (C=O) groups is 1. The van der Waals surface area contributed by atoms with Gasteiger partial charge in [0.05, 0.1) is 52.6 Å². The third kappa shape index (κ3) is 3.33. The predicted octanol–water partition coefficient (Wildman–Crippen LogP) is 3.90. The minimum Gasteiger partial charge on any atom is -0.353 e. The molecule has 0 saturated carbocycles. The van der Waals surface area contributed by atoms with Crippen LogP contribution in [-0.4, -0.2) is 44.9 Å². The zero-order chi connectivity index (χ0) is 20.1. The minimum absolute atomic E-state index is 0.110. The summed E-state index contributed by atoms with van der Waals surface area (Å²) in [4.78, 5) is 25.0. The summed E-state index contributed by atoms with van der Waals surface area (Å²) in [6.45, 7) is 1.39. The molecular formula is C19H15Br2FN6O. The number of hydrogen-bond acceptors (Lipinski definition) is 5. The van der Waals surface area contributed by atoms with Gasteiger partial charge in [0.15, 0.2) is 0 Å². The van der Waals surface area contributed by atoms with Crippen LogP contribution in [0.25, 0.3) is 5.69 Å². The third-order valence-corrected chi connectivity index (χ3v) is 6.10. The first-order chi connectivity index (χ1) is 14.0. The summed E-state index contributed by atoms with van der Waals surface area (Å²) in [5.74, 6) is 0.610. The second-order valence-electron chi connectivity index (χ2n) is 7.02. The van der Waals surface area contributed by atoms with Crippen LogP contribution in [0.3, 0.4) is 0 Å². The monoisotopic (exact) mass is 520 g/mol. The number of aromatic nitrogens is 4. The highest BCUT2D eigenvalue weighted by molar-refractivity contribution is 9.10. The molecule has 0 aliphatic carbocycles. The summed E-state index contributed by atoms with van der Waals surface area (Å²) in [7, 11) is 0. The zero-order valence-electron chi connectivity index (χ0n) is 15.1. The highest BCUT2D eigenvalue weighted by Crippen LogP contribution is 2.32. The Morgan fingerprint density at radius 3 is 2.69 bits per heavy atom. The zero-order valence-corrected chi connectivity index (χ0v) is 18.3. The molecule has 0 unspecified atom stereocenters. The van der Waals surface area contributed by atoms with Crippen molar-refractivity contribution in [3.63, 3.8) is 0 Å². The molecule has 1 saturated heterocycles. The van der Waals surface area contributed by atoms with Crippen LogP contribution in [0.2, 0.25) is 0 Å². The number of amides is 1. The predicted molar refractivity (Wildman–Crippen MR) is 113 cm³/mol. The fourth-order valence-corrected chi connectivity index (χ4v) is 4.59. The first kappa shape index (κ1) is 18.7. The lowest BCUT2D eigenvalue weighted by atomic mass is 10.3. The summed E-state index contributed by atoms with van der Waals surface area (Å²) in [6, 6.07) is 3.74. The van der Waals surface area contributed by atoms with E-state index in [1.807, 2.05) is 17.0 Å². The molecular weight excluding hydrogens is 507 g/mol. The van der Waals surface area contributed by atoms with Crippen molar-refractivity contribution in [1.29, 1.82) is 0 Å². The molecule has 0 spiro atoms. The maximum Gasteiger partial charge on any atom is 0.262 e. The van der Waals surface area contributed by atoms with Gasteiger partial charge in [0, 0.05) is 23.4 Å². The second kappa shape index (κ2) is 7.17. The molecule has 2 aliphatic rings. The molecule has 148 valence electrons. The van der Waals surface area contributed by atoms with E-state index in [0.29, 0.717) is 37.3 Å². The van der Waals surface area contributed by atoms with E-state index in [2.05, 4.69) is 46.9 Å². The molecule has 1 atom stereocenters. The van der Waals surface area contributed by atoms with Gasteiger partial charge in [-0.25, -0.2) is 14.1 Å². The summed E-state index contributed by atoms with van der Waals surface area (Å²) < 4.78 is 16.7. The third-order valence-electron chi connectivity index (χ3n) is 5.08. The van der Waals surface area contributed by atoms with E-state index in [9.17, 15) is 9.18 Å². The molecule has 5 rings (SSSR count). The minimum atomic E-state index is -0.813. The van der Waals surface area contributed by atoms with Crippen LogP contribution < -0.4 is 9.80 Å². The topological polar surface area (TPSA) is 67.2 Å². The number of anilines is 2. The fourth-order valence-electron chi connectivity index (χ4n) is 3.65. The van der Waals surface area contributed by atoms with Crippen molar-refractivity contribution in [3.8, 4) is 5.69 Å². The van der Waals surface area contributed by atoms with Crippen LogP contribution >= 0.6 is 31.9 Å². The van der Waals surface area contributed by atoms with Gasteiger partial charge in [-0.05, 0) is 50.4 Å². The molecule has 0 radical (unpaired) electrons. The maximum absolute atomic E-state index is 13.5. The normalized spacial score (nSPS) is 18.6. The Bertz CT molecular complexity index is 1120. The first-order valence-electron chi connectivity index (χ1n) is 9.05. The molecule has 1 fully saturated rings. The quantitative estimate of drug-likeness (QED) is 0.523. The Kier molecular flexibility index (Phi) is 4.62. The van der Waals surface area contributed by atoms with Crippen molar-refractivity contribution < 1.29 is 9.18 Å². The molecule has 29 heavy (non-hydrogen) atoms. The van der Waals surface area contributed by atoms with Gasteiger partial charge in [-0.3, -0.25) is 9.78 Å². The largest absolute Gasteiger partial charge is 0.353 e. The molecule has 0 aromatic carbocycles. The standard InChI is InChI=1S/C19H15Br2FN6O/c20-11-3-13(6-23-5-11)27-10-17-15(19(27)29)9-28(25-17)14-4-16(21)18(24-7-14)26-2-1-12(22)8-26/h3-7,9,12H,1-2,8,10H2/t12-/m1/s1. The average molecular weight is 522 g/mol. The number of nitrogens with zero attached hydrogens (tertiary/aromatic N) is 6. The summed E-state index contributed by atoms with van der Waals surface area (Å²) in [6.07, 6.45) is 6.45. The number of hydrogen-bond donors (Lipinski definition) is 0. The molecule has 2 aliphatic heterocycles. The number of halogens is 3. The van der Waals surface area contributed by atoms with E-state index in [1.54, 1.807) is 34.4 Å². The van der Waals surface area contributed by atoms with Gasteiger partial charge in [-0.2, -0.15) is 5.10 Å². The van der Waals surface area contributed by atoms with Gasteiger partial charge < -0.3 is 9.80 Å². The highest BCUT2D eigenvalue weighted by Gasteiger charge is 2.32. The smallest absolute Gasteiger partial charge is 0.262 e. The number of rotatable bonds is 3. The van der Waals surface area contributed by atoms with Crippen LogP contribution in [0.15, 0.2) is 45.9 Å². The Labute approximate surface area is 182 Å². The van der Waals surface area contributed by atoms with Crippen molar-refractivity contribution in [2.75, 3.05) is 22.9 Å². The van der Waals surface area contributed by atoms with E-state index in [4.69, 9.17) is 0 Å². The fraction of sp³-hybridized carbons (Fsp3) is 0.263. The molecule has 5 heterocycles. The Balaban J connectivity index is 1.40. The van der Waals surface area contributed by atoms with E-state index < -0.39 is 6.17 Å². The van der Waals surface area contributed by atoms with Crippen molar-refractivity contribution in [2.24, 2.45) is 0 Å². The van der Waals surface area contributed by atoms with Gasteiger partial charge in [0.2, 0.25) is 0 Å². The van der Waals surface area contributed by atoms with Crippen LogP contribution in [0.4, 0.5) is 15.9 Å². The summed E-state index contributed by atoms with van der Waals surface area (Å²) in [5.41, 5.74) is 2.72. The number of carbonyl (C=O) groups excluding carboxylic acids is 1. The lowest BCUT2D eigenvalue weighted by molar-refractivity contribution is 0.0996. The van der Waals surface area contributed by atoms with E-state index >= 15 is 0 Å². The highest BCUT2D eigenvalue weighted by atomic mass is 79.9. The molecule has 1 amide bonds. The van der Waals surface area contributed by atoms with Gasteiger partial charge in [-0.1, -0.05) is 0 Å². The van der Waals surface area contributed by atoms with Gasteiger partial charge in [-0.15, -0.1) is 0 Å². The van der Waals surface area contributed by atoms with E-state index in [0.717, 1.165) is 26.1 Å². The molecule has 3 aromatic rings. The lowest BCUT2D eigenvalue weighted by Gasteiger charge is -2.18. The van der Waals surface area contributed by atoms with Crippen molar-refractivity contribution >= 4 is 49.3 Å². The van der Waals surface area contributed by atoms with Gasteiger partial charge in [0.1, 0.15) is 12.0 Å². The van der Waals surface area contributed by atoms with E-state index in [-0.39, 0.29) is 5.91 Å². The first-order valence-corrected chi connectivity index (χ1v) is 10.6. The molecule has 7 nitrogen and oxygen atoms in total. The van der Waals surface area contributed by atoms with Crippen molar-refractivity contribution in [2.45, 2.75) is 19.1 Å². The Morgan fingerprint density at radius 1 is 1.14 bits per heavy atom. The second-order valence-corrected chi connectivity index (χ2v) is 8.79. The van der Waals surface area contributed by atoms with Crippen LogP contribution in [-0.2, 0) is 6.54 Å². The molecule has 10 heteroatoms. The molecule has 0 N–H and O–H groups in total. The molecule has 0 bridgehead atoms. The summed E-state index contributed by atoms with van der Waals surface area (Å²) >= 11 is 6.92. The number of pyridine rings is 2. The average Bonchev–Trinajstić information content (AvgIpc) is 3.38. The van der Waals surface area contributed by atoms with Crippen LogP contribution in [0, 0.1) is 0 Å². The lowest BCUT2D eigenvalue weighted by Crippen LogP contribution is -2.24. The Hall–Kier alpha value is -2.33. The maximum atomic E-state index is 13.5.